The van der Waals surface area contributed by atoms with Gasteiger partial charge < -0.3 is 10.6 Å². The van der Waals surface area contributed by atoms with Gasteiger partial charge in [-0.25, -0.2) is 0 Å². The molecule has 1 aromatic carbocycles. The van der Waals surface area contributed by atoms with E-state index in [0.717, 1.165) is 0 Å². The minimum Gasteiger partial charge on any atom is -0.376 e. The summed E-state index contributed by atoms with van der Waals surface area (Å²) in [4.78, 5) is 11.9. The summed E-state index contributed by atoms with van der Waals surface area (Å²) in [5.41, 5.74) is -0.186. The van der Waals surface area contributed by atoms with Crippen LogP contribution in [0.25, 0.3) is 0 Å². The molecule has 0 heterocycles. The zero-order valence-electron chi connectivity index (χ0n) is 11.6. The van der Waals surface area contributed by atoms with Crippen molar-refractivity contribution >= 4 is 34.8 Å². The van der Waals surface area contributed by atoms with Gasteiger partial charge in [0.05, 0.1) is 22.7 Å². The first-order valence-corrected chi connectivity index (χ1v) is 6.95. The Hall–Kier alpha value is -1.44. The average molecular weight is 314 g/mol. The molecule has 1 amide bonds. The number of benzene rings is 1. The van der Waals surface area contributed by atoms with Crippen molar-refractivity contribution in [3.05, 3.63) is 28.2 Å². The Morgan fingerprint density at radius 2 is 2.05 bits per heavy atom. The molecule has 6 heteroatoms. The molecule has 0 aromatic heterocycles. The molecule has 0 aliphatic heterocycles. The largest absolute Gasteiger partial charge is 0.376 e. The Morgan fingerprint density at radius 3 is 2.55 bits per heavy atom. The molecule has 0 fully saturated rings. The lowest BCUT2D eigenvalue weighted by atomic mass is 9.90. The fraction of sp³-hybridized carbons (Fsp3) is 0.429. The summed E-state index contributed by atoms with van der Waals surface area (Å²) in [6.45, 7) is 5.53. The summed E-state index contributed by atoms with van der Waals surface area (Å²) in [5, 5.41) is 15.7. The van der Waals surface area contributed by atoms with E-state index in [9.17, 15) is 4.79 Å². The molecule has 0 bridgehead atoms. The van der Waals surface area contributed by atoms with Gasteiger partial charge in [-0.05, 0) is 31.0 Å². The second kappa shape index (κ2) is 6.83. The normalized spacial score (nSPS) is 13.4. The van der Waals surface area contributed by atoms with E-state index in [4.69, 9.17) is 28.5 Å². The first-order chi connectivity index (χ1) is 9.28. The Balaban J connectivity index is 2.60. The van der Waals surface area contributed by atoms with Crippen molar-refractivity contribution in [3.63, 3.8) is 0 Å². The highest BCUT2D eigenvalue weighted by Crippen LogP contribution is 2.24. The number of rotatable bonds is 5. The highest BCUT2D eigenvalue weighted by molar-refractivity contribution is 6.42. The standard InChI is InChI=1S/C14H17Cl2N3O/c1-9(2)14(3,8-17)19-13(20)7-18-10-4-5-11(15)12(16)6-10/h4-6,9,18H,7H2,1-3H3,(H,19,20). The van der Waals surface area contributed by atoms with Crippen molar-refractivity contribution in [2.75, 3.05) is 11.9 Å². The summed E-state index contributed by atoms with van der Waals surface area (Å²) < 4.78 is 0. The van der Waals surface area contributed by atoms with Gasteiger partial charge in [-0.15, -0.1) is 0 Å². The van der Waals surface area contributed by atoms with Crippen LogP contribution in [0.15, 0.2) is 18.2 Å². The molecule has 20 heavy (non-hydrogen) atoms. The molecule has 0 aliphatic carbocycles. The molecule has 0 aliphatic rings. The Kier molecular flexibility index (Phi) is 5.67. The average Bonchev–Trinajstić information content (AvgIpc) is 2.39. The molecule has 1 rings (SSSR count). The molecule has 4 nitrogen and oxygen atoms in total. The minimum absolute atomic E-state index is 0.0152. The van der Waals surface area contributed by atoms with Crippen LogP contribution in [-0.2, 0) is 4.79 Å². The van der Waals surface area contributed by atoms with E-state index < -0.39 is 5.54 Å². The molecule has 0 saturated heterocycles. The summed E-state index contributed by atoms with van der Waals surface area (Å²) in [6, 6.07) is 7.15. The van der Waals surface area contributed by atoms with E-state index in [1.165, 1.54) is 0 Å². The van der Waals surface area contributed by atoms with Crippen LogP contribution in [0.1, 0.15) is 20.8 Å². The number of amides is 1. The highest BCUT2D eigenvalue weighted by Gasteiger charge is 2.29. The maximum Gasteiger partial charge on any atom is 0.240 e. The van der Waals surface area contributed by atoms with E-state index in [1.54, 1.807) is 25.1 Å². The van der Waals surface area contributed by atoms with Gasteiger partial charge in [-0.3, -0.25) is 4.79 Å². The first-order valence-electron chi connectivity index (χ1n) is 6.19. The number of anilines is 1. The van der Waals surface area contributed by atoms with Gasteiger partial charge >= 0.3 is 0 Å². The third-order valence-corrected chi connectivity index (χ3v) is 3.90. The van der Waals surface area contributed by atoms with Crippen LogP contribution in [0.5, 0.6) is 0 Å². The van der Waals surface area contributed by atoms with Gasteiger partial charge in [0.1, 0.15) is 5.54 Å². The van der Waals surface area contributed by atoms with Crippen molar-refractivity contribution < 1.29 is 4.79 Å². The van der Waals surface area contributed by atoms with Crippen LogP contribution in [0.3, 0.4) is 0 Å². The minimum atomic E-state index is -0.879. The van der Waals surface area contributed by atoms with E-state index >= 15 is 0 Å². The van der Waals surface area contributed by atoms with Crippen LogP contribution < -0.4 is 10.6 Å². The molecule has 2 N–H and O–H groups in total. The van der Waals surface area contributed by atoms with E-state index in [2.05, 4.69) is 16.7 Å². The number of hydrogen-bond donors (Lipinski definition) is 2. The van der Waals surface area contributed by atoms with E-state index in [1.807, 2.05) is 13.8 Å². The smallest absolute Gasteiger partial charge is 0.240 e. The molecule has 108 valence electrons. The van der Waals surface area contributed by atoms with Gasteiger partial charge in [-0.2, -0.15) is 5.26 Å². The number of nitrogens with one attached hydrogen (secondary N) is 2. The molecule has 1 atom stereocenters. The van der Waals surface area contributed by atoms with Crippen LogP contribution in [0.4, 0.5) is 5.69 Å². The van der Waals surface area contributed by atoms with E-state index in [0.29, 0.717) is 15.7 Å². The van der Waals surface area contributed by atoms with Gasteiger partial charge in [-0.1, -0.05) is 37.0 Å². The Bertz CT molecular complexity index is 540. The van der Waals surface area contributed by atoms with Crippen molar-refractivity contribution in [3.8, 4) is 6.07 Å². The highest BCUT2D eigenvalue weighted by atomic mass is 35.5. The van der Waals surface area contributed by atoms with Crippen molar-refractivity contribution in [2.24, 2.45) is 5.92 Å². The zero-order chi connectivity index (χ0) is 15.3. The predicted octanol–water partition coefficient (Wildman–Crippen LogP) is 3.46. The number of carbonyl (C=O) groups is 1. The molecule has 1 unspecified atom stereocenters. The third kappa shape index (κ3) is 4.29. The molecule has 1 aromatic rings. The van der Waals surface area contributed by atoms with Gasteiger partial charge in [0.15, 0.2) is 0 Å². The van der Waals surface area contributed by atoms with Crippen LogP contribution in [0.2, 0.25) is 10.0 Å². The monoisotopic (exact) mass is 313 g/mol. The van der Waals surface area contributed by atoms with Crippen molar-refractivity contribution in [1.29, 1.82) is 5.26 Å². The summed E-state index contributed by atoms with van der Waals surface area (Å²) in [6.07, 6.45) is 0. The molecular formula is C14H17Cl2N3O. The number of nitrogens with zero attached hydrogens (tertiary/aromatic N) is 1. The molecule has 0 radical (unpaired) electrons. The van der Waals surface area contributed by atoms with E-state index in [-0.39, 0.29) is 18.4 Å². The second-order valence-electron chi connectivity index (χ2n) is 5.00. The Morgan fingerprint density at radius 1 is 1.40 bits per heavy atom. The zero-order valence-corrected chi connectivity index (χ0v) is 13.1. The SMILES string of the molecule is CC(C)C(C)(C#N)NC(=O)CNc1ccc(Cl)c(Cl)c1. The van der Waals surface area contributed by atoms with Crippen molar-refractivity contribution in [1.82, 2.24) is 5.32 Å². The molecular weight excluding hydrogens is 297 g/mol. The molecule has 0 saturated carbocycles. The number of hydrogen-bond acceptors (Lipinski definition) is 3. The quantitative estimate of drug-likeness (QED) is 0.875. The first kappa shape index (κ1) is 16.6. The third-order valence-electron chi connectivity index (χ3n) is 3.16. The fourth-order valence-electron chi connectivity index (χ4n) is 1.42. The Labute approximate surface area is 129 Å². The number of carbonyl (C=O) groups excluding carboxylic acids is 1. The topological polar surface area (TPSA) is 64.9 Å². The van der Waals surface area contributed by atoms with Crippen LogP contribution in [0, 0.1) is 17.2 Å². The van der Waals surface area contributed by atoms with Gasteiger partial charge in [0, 0.05) is 5.69 Å². The lowest BCUT2D eigenvalue weighted by Crippen LogP contribution is -2.50. The van der Waals surface area contributed by atoms with Crippen LogP contribution >= 0.6 is 23.2 Å². The van der Waals surface area contributed by atoms with Crippen LogP contribution in [-0.4, -0.2) is 18.0 Å². The van der Waals surface area contributed by atoms with Crippen molar-refractivity contribution in [2.45, 2.75) is 26.3 Å². The van der Waals surface area contributed by atoms with Gasteiger partial charge in [0.2, 0.25) is 5.91 Å². The van der Waals surface area contributed by atoms with Gasteiger partial charge in [0.25, 0.3) is 0 Å². The summed E-state index contributed by atoms with van der Waals surface area (Å²) in [7, 11) is 0. The molecule has 0 spiro atoms. The number of halogens is 2. The number of nitriles is 1. The lowest BCUT2D eigenvalue weighted by molar-refractivity contribution is -0.121. The lowest BCUT2D eigenvalue weighted by Gasteiger charge is -2.27. The fourth-order valence-corrected chi connectivity index (χ4v) is 1.72. The summed E-state index contributed by atoms with van der Waals surface area (Å²) >= 11 is 11.7. The predicted molar refractivity (Wildman–Crippen MR) is 82.0 cm³/mol. The second-order valence-corrected chi connectivity index (χ2v) is 5.81. The summed E-state index contributed by atoms with van der Waals surface area (Å²) in [5.74, 6) is -0.241. The maximum absolute atomic E-state index is 11.9. The maximum atomic E-state index is 11.9.